The highest BCUT2D eigenvalue weighted by atomic mass is 35.5. The van der Waals surface area contributed by atoms with Crippen molar-refractivity contribution >= 4 is 21.6 Å². The third-order valence-electron chi connectivity index (χ3n) is 4.63. The number of hydrogen-bond acceptors (Lipinski definition) is 3. The van der Waals surface area contributed by atoms with E-state index >= 15 is 0 Å². The summed E-state index contributed by atoms with van der Waals surface area (Å²) in [5.41, 5.74) is 1.21. The lowest BCUT2D eigenvalue weighted by atomic mass is 10.1. The predicted molar refractivity (Wildman–Crippen MR) is 96.6 cm³/mol. The Hall–Kier alpha value is -1.47. The van der Waals surface area contributed by atoms with Crippen molar-refractivity contribution in [1.29, 1.82) is 0 Å². The minimum Gasteiger partial charge on any atom is -0.294 e. The maximum absolute atomic E-state index is 13.3. The first-order chi connectivity index (χ1) is 11.9. The molecule has 0 aromatic heterocycles. The van der Waals surface area contributed by atoms with Crippen molar-refractivity contribution in [2.75, 3.05) is 26.2 Å². The van der Waals surface area contributed by atoms with Crippen molar-refractivity contribution in [1.82, 2.24) is 9.21 Å². The number of sulfonamides is 1. The molecule has 1 aliphatic heterocycles. The number of rotatable bonds is 4. The molecule has 1 heterocycles. The summed E-state index contributed by atoms with van der Waals surface area (Å²) in [5.74, 6) is -0.623. The maximum atomic E-state index is 13.3. The zero-order valence-electron chi connectivity index (χ0n) is 13.9. The lowest BCUT2D eigenvalue weighted by molar-refractivity contribution is 0.146. The SMILES string of the molecule is CC(c1ccccc1)N1CCN(S(=O)(=O)c2ccc(F)c(Cl)c2)CC1. The van der Waals surface area contributed by atoms with E-state index < -0.39 is 15.8 Å². The van der Waals surface area contributed by atoms with Crippen molar-refractivity contribution in [3.63, 3.8) is 0 Å². The van der Waals surface area contributed by atoms with E-state index in [0.717, 1.165) is 6.07 Å². The summed E-state index contributed by atoms with van der Waals surface area (Å²) in [4.78, 5) is 2.29. The molecule has 0 aliphatic carbocycles. The quantitative estimate of drug-likeness (QED) is 0.812. The Morgan fingerprint density at radius 3 is 2.28 bits per heavy atom. The molecule has 1 saturated heterocycles. The largest absolute Gasteiger partial charge is 0.294 e. The van der Waals surface area contributed by atoms with Crippen LogP contribution in [0.3, 0.4) is 0 Å². The van der Waals surface area contributed by atoms with Crippen LogP contribution in [0.1, 0.15) is 18.5 Å². The molecule has 3 rings (SSSR count). The summed E-state index contributed by atoms with van der Waals surface area (Å²) >= 11 is 5.73. The van der Waals surface area contributed by atoms with Gasteiger partial charge in [-0.3, -0.25) is 4.90 Å². The maximum Gasteiger partial charge on any atom is 0.243 e. The van der Waals surface area contributed by atoms with E-state index in [4.69, 9.17) is 11.6 Å². The van der Waals surface area contributed by atoms with Crippen LogP contribution in [0.25, 0.3) is 0 Å². The normalized spacial score (nSPS) is 18.2. The molecule has 2 aromatic carbocycles. The standard InChI is InChI=1S/C18H20ClFN2O2S/c1-14(15-5-3-2-4-6-15)21-9-11-22(12-10-21)25(23,24)16-7-8-18(20)17(19)13-16/h2-8,13-14H,9-12H2,1H3. The van der Waals surface area contributed by atoms with Crippen molar-refractivity contribution in [2.45, 2.75) is 17.9 Å². The zero-order chi connectivity index (χ0) is 18.0. The Bertz CT molecular complexity index is 837. The molecule has 0 amide bonds. The summed E-state index contributed by atoms with van der Waals surface area (Å²) < 4.78 is 40.2. The molecule has 134 valence electrons. The summed E-state index contributed by atoms with van der Waals surface area (Å²) in [7, 11) is -3.66. The lowest BCUT2D eigenvalue weighted by Crippen LogP contribution is -2.49. The summed E-state index contributed by atoms with van der Waals surface area (Å²) in [5, 5.41) is -0.183. The van der Waals surface area contributed by atoms with E-state index in [1.807, 2.05) is 18.2 Å². The van der Waals surface area contributed by atoms with Gasteiger partial charge in [0.2, 0.25) is 10.0 Å². The third-order valence-corrected chi connectivity index (χ3v) is 6.82. The molecule has 1 unspecified atom stereocenters. The monoisotopic (exact) mass is 382 g/mol. The molecule has 0 saturated carbocycles. The molecule has 4 nitrogen and oxygen atoms in total. The van der Waals surface area contributed by atoms with E-state index in [1.165, 1.54) is 22.0 Å². The van der Waals surface area contributed by atoms with Gasteiger partial charge in [0, 0.05) is 32.2 Å². The molecular formula is C18H20ClFN2O2S. The minimum atomic E-state index is -3.66. The van der Waals surface area contributed by atoms with Crippen LogP contribution in [0.4, 0.5) is 4.39 Å². The predicted octanol–water partition coefficient (Wildman–Crippen LogP) is 3.55. The van der Waals surface area contributed by atoms with Crippen molar-refractivity contribution < 1.29 is 12.8 Å². The number of benzene rings is 2. The van der Waals surface area contributed by atoms with Crippen molar-refractivity contribution in [3.8, 4) is 0 Å². The molecule has 0 bridgehead atoms. The molecular weight excluding hydrogens is 363 g/mol. The fourth-order valence-corrected chi connectivity index (χ4v) is 4.75. The van der Waals surface area contributed by atoms with Gasteiger partial charge in [-0.15, -0.1) is 0 Å². The summed E-state index contributed by atoms with van der Waals surface area (Å²) in [6, 6.07) is 13.9. The Morgan fingerprint density at radius 2 is 1.68 bits per heavy atom. The van der Waals surface area contributed by atoms with Crippen LogP contribution in [0.2, 0.25) is 5.02 Å². The van der Waals surface area contributed by atoms with E-state index in [-0.39, 0.29) is 16.0 Å². The number of hydrogen-bond donors (Lipinski definition) is 0. The second-order valence-electron chi connectivity index (χ2n) is 6.10. The van der Waals surface area contributed by atoms with Crippen LogP contribution >= 0.6 is 11.6 Å². The van der Waals surface area contributed by atoms with Gasteiger partial charge in [0.25, 0.3) is 0 Å². The smallest absolute Gasteiger partial charge is 0.243 e. The fraction of sp³-hybridized carbons (Fsp3) is 0.333. The second-order valence-corrected chi connectivity index (χ2v) is 8.45. The van der Waals surface area contributed by atoms with Crippen LogP contribution in [0, 0.1) is 5.82 Å². The Morgan fingerprint density at radius 1 is 1.04 bits per heavy atom. The highest BCUT2D eigenvalue weighted by Gasteiger charge is 2.30. The molecule has 2 aromatic rings. The molecule has 25 heavy (non-hydrogen) atoms. The molecule has 0 N–H and O–H groups in total. The van der Waals surface area contributed by atoms with E-state index in [1.54, 1.807) is 0 Å². The van der Waals surface area contributed by atoms with Crippen LogP contribution in [0.5, 0.6) is 0 Å². The van der Waals surface area contributed by atoms with Crippen LogP contribution in [0.15, 0.2) is 53.4 Å². The zero-order valence-corrected chi connectivity index (χ0v) is 15.5. The summed E-state index contributed by atoms with van der Waals surface area (Å²) in [6.07, 6.45) is 0. The second kappa shape index (κ2) is 7.41. The Labute approximate surface area is 152 Å². The van der Waals surface area contributed by atoms with Gasteiger partial charge in [-0.25, -0.2) is 12.8 Å². The van der Waals surface area contributed by atoms with Crippen LogP contribution in [-0.2, 0) is 10.0 Å². The van der Waals surface area contributed by atoms with Crippen molar-refractivity contribution in [3.05, 3.63) is 64.9 Å². The fourth-order valence-electron chi connectivity index (χ4n) is 3.06. The highest BCUT2D eigenvalue weighted by molar-refractivity contribution is 7.89. The summed E-state index contributed by atoms with van der Waals surface area (Å²) in [6.45, 7) is 4.21. The topological polar surface area (TPSA) is 40.6 Å². The van der Waals surface area contributed by atoms with Gasteiger partial charge in [0.15, 0.2) is 0 Å². The van der Waals surface area contributed by atoms with Crippen molar-refractivity contribution in [2.24, 2.45) is 0 Å². The van der Waals surface area contributed by atoms with Gasteiger partial charge in [-0.05, 0) is 30.7 Å². The molecule has 0 spiro atoms. The molecule has 1 aliphatic rings. The first kappa shape index (κ1) is 18.3. The number of piperazine rings is 1. The first-order valence-electron chi connectivity index (χ1n) is 8.14. The van der Waals surface area contributed by atoms with E-state index in [9.17, 15) is 12.8 Å². The number of nitrogens with zero attached hydrogens (tertiary/aromatic N) is 2. The average Bonchev–Trinajstić information content (AvgIpc) is 2.64. The Balaban J connectivity index is 1.70. The van der Waals surface area contributed by atoms with Gasteiger partial charge in [0.1, 0.15) is 5.82 Å². The molecule has 7 heteroatoms. The van der Waals surface area contributed by atoms with Crippen LogP contribution in [-0.4, -0.2) is 43.8 Å². The van der Waals surface area contributed by atoms with Gasteiger partial charge in [-0.1, -0.05) is 41.9 Å². The van der Waals surface area contributed by atoms with E-state index in [0.29, 0.717) is 26.2 Å². The number of halogens is 2. The van der Waals surface area contributed by atoms with Crippen LogP contribution < -0.4 is 0 Å². The molecule has 1 atom stereocenters. The average molecular weight is 383 g/mol. The highest BCUT2D eigenvalue weighted by Crippen LogP contribution is 2.26. The minimum absolute atomic E-state index is 0.0310. The van der Waals surface area contributed by atoms with E-state index in [2.05, 4.69) is 24.0 Å². The van der Waals surface area contributed by atoms with Gasteiger partial charge >= 0.3 is 0 Å². The third kappa shape index (κ3) is 3.87. The van der Waals surface area contributed by atoms with Gasteiger partial charge < -0.3 is 0 Å². The Kier molecular flexibility index (Phi) is 5.43. The first-order valence-corrected chi connectivity index (χ1v) is 9.95. The molecule has 1 fully saturated rings. The van der Waals surface area contributed by atoms with Gasteiger partial charge in [0.05, 0.1) is 9.92 Å². The molecule has 0 radical (unpaired) electrons. The lowest BCUT2D eigenvalue weighted by Gasteiger charge is -2.37. The van der Waals surface area contributed by atoms with Gasteiger partial charge in [-0.2, -0.15) is 4.31 Å².